The van der Waals surface area contributed by atoms with Crippen molar-refractivity contribution in [2.24, 2.45) is 0 Å². The lowest BCUT2D eigenvalue weighted by Gasteiger charge is -2.20. The van der Waals surface area contributed by atoms with Crippen LogP contribution < -0.4 is 10.0 Å². The van der Waals surface area contributed by atoms with E-state index >= 15 is 0 Å². The molecular weight excluding hydrogens is 367 g/mol. The van der Waals surface area contributed by atoms with Crippen molar-refractivity contribution in [3.05, 3.63) is 53.7 Å². The molecule has 0 atom stereocenters. The molecule has 1 aromatic carbocycles. The Kier molecular flexibility index (Phi) is 5.50. The number of anilines is 2. The minimum Gasteiger partial charge on any atom is -0.366 e. The quantitative estimate of drug-likeness (QED) is 0.805. The summed E-state index contributed by atoms with van der Waals surface area (Å²) in [4.78, 5) is 3.73. The molecule has 0 saturated heterocycles. The molecule has 2 rings (SSSR count). The van der Waals surface area contributed by atoms with E-state index in [1.807, 2.05) is 0 Å². The number of sulfonamides is 1. The second-order valence-corrected chi connectivity index (χ2v) is 9.13. The molecule has 0 spiro atoms. The standard InChI is InChI=1S/C17H20F3N3O2S/c1-16(2,3)26(24,25)23-14-7-4-12(5-8-14)10-21-15-9-6-13(11-22-15)17(18,19)20/h4-9,11,23H,10H2,1-3H3,(H,21,22). The third-order valence-electron chi connectivity index (χ3n) is 3.58. The van der Waals surface area contributed by atoms with Crippen LogP contribution in [0.25, 0.3) is 0 Å². The summed E-state index contributed by atoms with van der Waals surface area (Å²) < 4.78 is 63.3. The Morgan fingerprint density at radius 2 is 1.62 bits per heavy atom. The number of alkyl halides is 3. The Morgan fingerprint density at radius 3 is 2.08 bits per heavy atom. The highest BCUT2D eigenvalue weighted by Gasteiger charge is 2.30. The van der Waals surface area contributed by atoms with Gasteiger partial charge in [-0.3, -0.25) is 4.72 Å². The Balaban J connectivity index is 1.98. The molecular formula is C17H20F3N3O2S. The van der Waals surface area contributed by atoms with Crippen LogP contribution in [-0.2, 0) is 22.7 Å². The maximum absolute atomic E-state index is 12.5. The Morgan fingerprint density at radius 1 is 1.00 bits per heavy atom. The highest BCUT2D eigenvalue weighted by atomic mass is 32.2. The third-order valence-corrected chi connectivity index (χ3v) is 5.69. The highest BCUT2D eigenvalue weighted by Crippen LogP contribution is 2.29. The lowest BCUT2D eigenvalue weighted by atomic mass is 10.2. The molecule has 9 heteroatoms. The van der Waals surface area contributed by atoms with Crippen LogP contribution in [0.15, 0.2) is 42.6 Å². The van der Waals surface area contributed by atoms with Gasteiger partial charge >= 0.3 is 6.18 Å². The van der Waals surface area contributed by atoms with E-state index in [1.165, 1.54) is 6.07 Å². The molecule has 0 aliphatic rings. The molecule has 0 bridgehead atoms. The lowest BCUT2D eigenvalue weighted by molar-refractivity contribution is -0.137. The van der Waals surface area contributed by atoms with Crippen molar-refractivity contribution in [1.29, 1.82) is 0 Å². The third kappa shape index (κ3) is 5.10. The van der Waals surface area contributed by atoms with Gasteiger partial charge in [0.1, 0.15) is 5.82 Å². The molecule has 26 heavy (non-hydrogen) atoms. The van der Waals surface area contributed by atoms with E-state index in [-0.39, 0.29) is 0 Å². The number of hydrogen-bond acceptors (Lipinski definition) is 4. The van der Waals surface area contributed by atoms with Gasteiger partial charge in [0.15, 0.2) is 0 Å². The zero-order chi connectivity index (χ0) is 19.6. The fourth-order valence-corrected chi connectivity index (χ4v) is 2.61. The minimum absolute atomic E-state index is 0.315. The van der Waals surface area contributed by atoms with Gasteiger partial charge < -0.3 is 5.32 Å². The van der Waals surface area contributed by atoms with Gasteiger partial charge in [-0.1, -0.05) is 12.1 Å². The van der Waals surface area contributed by atoms with Crippen LogP contribution in [0.2, 0.25) is 0 Å². The summed E-state index contributed by atoms with van der Waals surface area (Å²) in [5.41, 5.74) is 0.459. The molecule has 0 unspecified atom stereocenters. The van der Waals surface area contributed by atoms with Crippen molar-refractivity contribution in [3.8, 4) is 0 Å². The first-order valence-electron chi connectivity index (χ1n) is 7.77. The summed E-state index contributed by atoms with van der Waals surface area (Å²) in [6, 6.07) is 8.91. The average molecular weight is 387 g/mol. The van der Waals surface area contributed by atoms with E-state index in [0.717, 1.165) is 17.8 Å². The minimum atomic E-state index is -4.41. The normalized spacial score (nSPS) is 12.7. The SMILES string of the molecule is CC(C)(C)S(=O)(=O)Nc1ccc(CNc2ccc(C(F)(F)F)cn2)cc1. The van der Waals surface area contributed by atoms with Gasteiger partial charge in [-0.15, -0.1) is 0 Å². The number of rotatable bonds is 5. The van der Waals surface area contributed by atoms with Crippen molar-refractivity contribution in [1.82, 2.24) is 4.98 Å². The maximum Gasteiger partial charge on any atom is 0.417 e. The summed E-state index contributed by atoms with van der Waals surface area (Å²) in [6.07, 6.45) is -3.64. The maximum atomic E-state index is 12.5. The summed E-state index contributed by atoms with van der Waals surface area (Å²) >= 11 is 0. The molecule has 0 saturated carbocycles. The summed E-state index contributed by atoms with van der Waals surface area (Å²) in [5, 5.41) is 2.91. The molecule has 1 heterocycles. The first kappa shape index (κ1) is 20.0. The number of nitrogens with one attached hydrogen (secondary N) is 2. The van der Waals surface area contributed by atoms with Gasteiger partial charge in [0.2, 0.25) is 10.0 Å². The van der Waals surface area contributed by atoms with Gasteiger partial charge in [-0.25, -0.2) is 13.4 Å². The van der Waals surface area contributed by atoms with Crippen molar-refractivity contribution in [3.63, 3.8) is 0 Å². The van der Waals surface area contributed by atoms with E-state index in [2.05, 4.69) is 15.0 Å². The lowest BCUT2D eigenvalue weighted by Crippen LogP contribution is -2.33. The van der Waals surface area contributed by atoms with E-state index < -0.39 is 26.5 Å². The van der Waals surface area contributed by atoms with Crippen LogP contribution >= 0.6 is 0 Å². The first-order chi connectivity index (χ1) is 11.9. The molecule has 142 valence electrons. The molecule has 0 radical (unpaired) electrons. The zero-order valence-corrected chi connectivity index (χ0v) is 15.4. The van der Waals surface area contributed by atoms with E-state index in [4.69, 9.17) is 0 Å². The van der Waals surface area contributed by atoms with Crippen molar-refractivity contribution >= 4 is 21.5 Å². The fraction of sp³-hybridized carbons (Fsp3) is 0.353. The molecule has 0 amide bonds. The van der Waals surface area contributed by atoms with Crippen LogP contribution in [0.5, 0.6) is 0 Å². The van der Waals surface area contributed by atoms with Crippen molar-refractivity contribution in [2.75, 3.05) is 10.0 Å². The van der Waals surface area contributed by atoms with Crippen LogP contribution in [-0.4, -0.2) is 18.1 Å². The molecule has 0 aliphatic carbocycles. The Bertz CT molecular complexity index is 841. The van der Waals surface area contributed by atoms with Gasteiger partial charge in [-0.05, 0) is 50.6 Å². The van der Waals surface area contributed by atoms with Crippen LogP contribution in [0.1, 0.15) is 31.9 Å². The fourth-order valence-electron chi connectivity index (χ4n) is 1.86. The van der Waals surface area contributed by atoms with E-state index in [0.29, 0.717) is 18.1 Å². The molecule has 0 fully saturated rings. The molecule has 2 aromatic rings. The average Bonchev–Trinajstić information content (AvgIpc) is 2.52. The second kappa shape index (κ2) is 7.14. The second-order valence-electron chi connectivity index (χ2n) is 6.70. The van der Waals surface area contributed by atoms with Crippen molar-refractivity contribution < 1.29 is 21.6 Å². The van der Waals surface area contributed by atoms with E-state index in [1.54, 1.807) is 45.0 Å². The van der Waals surface area contributed by atoms with Crippen LogP contribution in [0.4, 0.5) is 24.7 Å². The Labute approximate surface area is 150 Å². The number of pyridine rings is 1. The summed E-state index contributed by atoms with van der Waals surface area (Å²) in [5.74, 6) is 0.315. The van der Waals surface area contributed by atoms with Gasteiger partial charge in [0.25, 0.3) is 0 Å². The topological polar surface area (TPSA) is 71.1 Å². The summed E-state index contributed by atoms with van der Waals surface area (Å²) in [7, 11) is -3.50. The number of aromatic nitrogens is 1. The number of nitrogens with zero attached hydrogens (tertiary/aromatic N) is 1. The zero-order valence-electron chi connectivity index (χ0n) is 14.6. The molecule has 1 aromatic heterocycles. The predicted octanol–water partition coefficient (Wildman–Crippen LogP) is 4.25. The molecule has 5 nitrogen and oxygen atoms in total. The first-order valence-corrected chi connectivity index (χ1v) is 9.25. The van der Waals surface area contributed by atoms with Gasteiger partial charge in [-0.2, -0.15) is 13.2 Å². The monoisotopic (exact) mass is 387 g/mol. The van der Waals surface area contributed by atoms with Crippen LogP contribution in [0, 0.1) is 0 Å². The van der Waals surface area contributed by atoms with Gasteiger partial charge in [0, 0.05) is 18.4 Å². The smallest absolute Gasteiger partial charge is 0.366 e. The molecule has 2 N–H and O–H groups in total. The number of hydrogen-bond donors (Lipinski definition) is 2. The van der Waals surface area contributed by atoms with Crippen LogP contribution in [0.3, 0.4) is 0 Å². The molecule has 0 aliphatic heterocycles. The predicted molar refractivity (Wildman–Crippen MR) is 95.3 cm³/mol. The van der Waals surface area contributed by atoms with E-state index in [9.17, 15) is 21.6 Å². The number of benzene rings is 1. The summed E-state index contributed by atoms with van der Waals surface area (Å²) in [6.45, 7) is 5.14. The largest absolute Gasteiger partial charge is 0.417 e. The van der Waals surface area contributed by atoms with Gasteiger partial charge in [0.05, 0.1) is 10.3 Å². The highest BCUT2D eigenvalue weighted by molar-refractivity contribution is 7.94. The number of halogens is 3. The van der Waals surface area contributed by atoms with Crippen molar-refractivity contribution in [2.45, 2.75) is 38.2 Å². The Hall–Kier alpha value is -2.29.